The fraction of sp³-hybridized carbons (Fsp3) is 0.462. The third kappa shape index (κ3) is 4.65. The van der Waals surface area contributed by atoms with Crippen LogP contribution in [0.4, 0.5) is 20.6 Å². The van der Waals surface area contributed by atoms with E-state index in [9.17, 15) is 19.3 Å². The summed E-state index contributed by atoms with van der Waals surface area (Å²) in [4.78, 5) is 32.6. The highest BCUT2D eigenvalue weighted by atomic mass is 19.1. The molecule has 184 valence electrons. The van der Waals surface area contributed by atoms with Crippen LogP contribution in [-0.4, -0.2) is 46.4 Å². The number of nitro benzene ring substituents is 1. The van der Waals surface area contributed by atoms with Gasteiger partial charge in [0.05, 0.1) is 4.92 Å². The molecule has 2 aromatic carbocycles. The molecule has 3 aliphatic rings. The van der Waals surface area contributed by atoms with Gasteiger partial charge in [-0.25, -0.2) is 9.18 Å². The average molecular weight is 480 g/mol. The van der Waals surface area contributed by atoms with E-state index in [1.165, 1.54) is 24.6 Å². The van der Waals surface area contributed by atoms with Crippen LogP contribution in [-0.2, 0) is 6.54 Å². The van der Waals surface area contributed by atoms with Crippen molar-refractivity contribution in [1.82, 2.24) is 10.2 Å². The lowest BCUT2D eigenvalue weighted by molar-refractivity contribution is -0.385. The quantitative estimate of drug-likeness (QED) is 0.480. The Kier molecular flexibility index (Phi) is 6.51. The first-order chi connectivity index (χ1) is 17.0. The number of nitro groups is 1. The normalized spacial score (nSPS) is 20.8. The molecule has 2 heterocycles. The zero-order chi connectivity index (χ0) is 24.4. The van der Waals surface area contributed by atoms with Crippen LogP contribution in [0.2, 0.25) is 0 Å². The predicted octanol–water partition coefficient (Wildman–Crippen LogP) is 5.03. The highest BCUT2D eigenvalue weighted by molar-refractivity contribution is 6.16. The first kappa shape index (κ1) is 23.4. The van der Waals surface area contributed by atoms with Gasteiger partial charge in [-0.05, 0) is 43.9 Å². The molecule has 1 saturated carbocycles. The summed E-state index contributed by atoms with van der Waals surface area (Å²) in [7, 11) is 0. The minimum Gasteiger partial charge on any atom is -0.369 e. The Morgan fingerprint density at radius 3 is 2.54 bits per heavy atom. The molecule has 35 heavy (non-hydrogen) atoms. The third-order valence-corrected chi connectivity index (χ3v) is 7.55. The summed E-state index contributed by atoms with van der Waals surface area (Å²) in [6.45, 7) is 1.73. The molecule has 2 aromatic rings. The summed E-state index contributed by atoms with van der Waals surface area (Å²) in [6, 6.07) is 12.8. The maximum atomic E-state index is 14.1. The third-order valence-electron chi connectivity index (χ3n) is 7.55. The van der Waals surface area contributed by atoms with Crippen molar-refractivity contribution in [3.8, 4) is 0 Å². The van der Waals surface area contributed by atoms with Gasteiger partial charge >= 0.3 is 6.03 Å². The van der Waals surface area contributed by atoms with Gasteiger partial charge in [0.25, 0.3) is 5.69 Å². The number of carbonyl (C=O) groups is 1. The topological polar surface area (TPSA) is 91.1 Å². The van der Waals surface area contributed by atoms with E-state index in [-0.39, 0.29) is 22.7 Å². The molecular weight excluding hydrogens is 449 g/mol. The summed E-state index contributed by atoms with van der Waals surface area (Å²) in [6.07, 6.45) is 6.85. The lowest BCUT2D eigenvalue weighted by Gasteiger charge is -2.45. The van der Waals surface area contributed by atoms with Crippen molar-refractivity contribution >= 4 is 23.2 Å². The number of aliphatic imine (C=N–C) groups is 1. The Balaban J connectivity index is 1.40. The lowest BCUT2D eigenvalue weighted by Crippen LogP contribution is -2.62. The summed E-state index contributed by atoms with van der Waals surface area (Å²) in [5.41, 5.74) is 0.617. The van der Waals surface area contributed by atoms with Gasteiger partial charge in [0.15, 0.2) is 0 Å². The van der Waals surface area contributed by atoms with Crippen molar-refractivity contribution in [1.29, 1.82) is 0 Å². The first-order valence-corrected chi connectivity index (χ1v) is 12.4. The number of hydrogen-bond acceptors (Lipinski definition) is 5. The number of nitrogens with zero attached hydrogens (tertiary/aromatic N) is 4. The van der Waals surface area contributed by atoms with Crippen LogP contribution < -0.4 is 10.2 Å². The van der Waals surface area contributed by atoms with Crippen LogP contribution >= 0.6 is 0 Å². The van der Waals surface area contributed by atoms with Gasteiger partial charge < -0.3 is 5.32 Å². The number of likely N-dealkylation sites (tertiary alicyclic amines) is 1. The summed E-state index contributed by atoms with van der Waals surface area (Å²) >= 11 is 0. The van der Waals surface area contributed by atoms with E-state index in [2.05, 4.69) is 15.2 Å². The van der Waals surface area contributed by atoms with Crippen molar-refractivity contribution in [2.45, 2.75) is 63.1 Å². The molecule has 2 aliphatic heterocycles. The number of anilines is 1. The molecule has 1 spiro atoms. The zero-order valence-corrected chi connectivity index (χ0v) is 19.7. The highest BCUT2D eigenvalue weighted by Crippen LogP contribution is 2.39. The summed E-state index contributed by atoms with van der Waals surface area (Å²) < 4.78 is 14.1. The van der Waals surface area contributed by atoms with Crippen molar-refractivity contribution in [3.63, 3.8) is 0 Å². The number of urea groups is 1. The van der Waals surface area contributed by atoms with E-state index in [1.807, 2.05) is 6.07 Å². The molecule has 0 atom stereocenters. The van der Waals surface area contributed by atoms with E-state index < -0.39 is 11.4 Å². The smallest absolute Gasteiger partial charge is 0.350 e. The minimum atomic E-state index is -0.679. The average Bonchev–Trinajstić information content (AvgIpc) is 3.11. The molecule has 1 aliphatic carbocycles. The minimum absolute atomic E-state index is 0.117. The van der Waals surface area contributed by atoms with E-state index in [4.69, 9.17) is 0 Å². The molecule has 9 heteroatoms. The van der Waals surface area contributed by atoms with Gasteiger partial charge in [-0.1, -0.05) is 43.5 Å². The van der Waals surface area contributed by atoms with Crippen molar-refractivity contribution in [3.05, 3.63) is 70.0 Å². The molecule has 1 N–H and O–H groups in total. The van der Waals surface area contributed by atoms with Crippen LogP contribution in [0.5, 0.6) is 0 Å². The molecule has 0 aromatic heterocycles. The van der Waals surface area contributed by atoms with Crippen molar-refractivity contribution in [2.75, 3.05) is 18.0 Å². The van der Waals surface area contributed by atoms with Crippen LogP contribution in [0.25, 0.3) is 0 Å². The van der Waals surface area contributed by atoms with Gasteiger partial charge in [0.1, 0.15) is 17.2 Å². The van der Waals surface area contributed by atoms with E-state index >= 15 is 0 Å². The van der Waals surface area contributed by atoms with Crippen molar-refractivity contribution < 1.29 is 14.1 Å². The second-order valence-electron chi connectivity index (χ2n) is 9.73. The fourth-order valence-electron chi connectivity index (χ4n) is 5.72. The molecule has 0 bridgehead atoms. The molecular formula is C26H30FN5O3. The maximum absolute atomic E-state index is 14.1. The lowest BCUT2D eigenvalue weighted by atomic mass is 9.83. The molecule has 2 fully saturated rings. The molecule has 8 nitrogen and oxygen atoms in total. The van der Waals surface area contributed by atoms with Gasteiger partial charge in [-0.15, -0.1) is 0 Å². The Bertz CT molecular complexity index is 1140. The maximum Gasteiger partial charge on any atom is 0.350 e. The SMILES string of the molecule is O=C1N=C(NC2CCCCC2)C2(CCN(Cc3ccccc3[N+](=O)[O-])CC2)N1c1cccc(F)c1. The number of amidine groups is 1. The van der Waals surface area contributed by atoms with Gasteiger partial charge in [0, 0.05) is 43.0 Å². The Morgan fingerprint density at radius 1 is 1.09 bits per heavy atom. The highest BCUT2D eigenvalue weighted by Gasteiger charge is 2.52. The number of piperidine rings is 1. The summed E-state index contributed by atoms with van der Waals surface area (Å²) in [5.74, 6) is 0.289. The molecule has 1 saturated heterocycles. The van der Waals surface area contributed by atoms with E-state index in [0.29, 0.717) is 49.6 Å². The van der Waals surface area contributed by atoms with Crippen LogP contribution in [0, 0.1) is 15.9 Å². The molecule has 0 unspecified atom stereocenters. The number of halogens is 1. The van der Waals surface area contributed by atoms with Crippen LogP contribution in [0.15, 0.2) is 53.5 Å². The van der Waals surface area contributed by atoms with Gasteiger partial charge in [0.2, 0.25) is 0 Å². The summed E-state index contributed by atoms with van der Waals surface area (Å²) in [5, 5.41) is 15.0. The number of hydrogen-bond donors (Lipinski definition) is 1. The predicted molar refractivity (Wildman–Crippen MR) is 132 cm³/mol. The van der Waals surface area contributed by atoms with Gasteiger partial charge in [-0.3, -0.25) is 19.9 Å². The second kappa shape index (κ2) is 9.73. The number of para-hydroxylation sites is 1. The Labute approximate surface area is 204 Å². The van der Waals surface area contributed by atoms with E-state index in [0.717, 1.165) is 25.7 Å². The molecule has 0 radical (unpaired) electrons. The standard InChI is InChI=1S/C26H30FN5O3/c27-20-8-6-11-22(17-20)31-25(33)29-24(28-21-9-2-1-3-10-21)26(31)13-15-30(16-14-26)18-19-7-4-5-12-23(19)32(34)35/h4-8,11-12,17,21H,1-3,9-10,13-16,18H2,(H,28,29,33). The van der Waals surface area contributed by atoms with Crippen LogP contribution in [0.3, 0.4) is 0 Å². The molecule has 2 amide bonds. The number of carbonyl (C=O) groups excluding carboxylic acids is 1. The monoisotopic (exact) mass is 479 g/mol. The molecule has 5 rings (SSSR count). The number of nitrogens with one attached hydrogen (secondary N) is 1. The van der Waals surface area contributed by atoms with Crippen molar-refractivity contribution in [2.24, 2.45) is 4.99 Å². The second-order valence-corrected chi connectivity index (χ2v) is 9.73. The number of amides is 2. The number of rotatable bonds is 5. The number of benzene rings is 2. The Hall–Kier alpha value is -3.33. The van der Waals surface area contributed by atoms with E-state index in [1.54, 1.807) is 29.2 Å². The fourth-order valence-corrected chi connectivity index (χ4v) is 5.72. The zero-order valence-electron chi connectivity index (χ0n) is 19.7. The van der Waals surface area contributed by atoms with Crippen LogP contribution in [0.1, 0.15) is 50.5 Å². The first-order valence-electron chi connectivity index (χ1n) is 12.4. The Morgan fingerprint density at radius 2 is 1.83 bits per heavy atom. The van der Waals surface area contributed by atoms with Gasteiger partial charge in [-0.2, -0.15) is 4.99 Å². The largest absolute Gasteiger partial charge is 0.369 e.